The van der Waals surface area contributed by atoms with Gasteiger partial charge in [0.2, 0.25) is 5.91 Å². The Morgan fingerprint density at radius 2 is 1.79 bits per heavy atom. The Bertz CT molecular complexity index is 2020. The number of carbonyl (C=O) groups is 3. The first-order valence-corrected chi connectivity index (χ1v) is 18.9. The van der Waals surface area contributed by atoms with Gasteiger partial charge in [0.25, 0.3) is 5.91 Å². The molecule has 0 bridgehead atoms. The van der Waals surface area contributed by atoms with Gasteiger partial charge >= 0.3 is 5.97 Å². The molecule has 7 rings (SSSR count). The maximum atomic E-state index is 15.0. The van der Waals surface area contributed by atoms with Gasteiger partial charge in [-0.3, -0.25) is 19.1 Å². The van der Waals surface area contributed by atoms with Crippen LogP contribution in [0.15, 0.2) is 65.3 Å². The van der Waals surface area contributed by atoms with E-state index in [0.29, 0.717) is 66.4 Å². The Hall–Kier alpha value is -4.91. The molecule has 13 heteroatoms. The summed E-state index contributed by atoms with van der Waals surface area (Å²) in [5, 5.41) is 8.34. The number of aryl methyl sites for hydroxylation is 1. The molecule has 2 amide bonds. The molecule has 0 spiro atoms. The summed E-state index contributed by atoms with van der Waals surface area (Å²) in [4.78, 5) is 46.3. The number of fused-ring (bicyclic) bond motifs is 2. The Morgan fingerprint density at radius 3 is 2.53 bits per heavy atom. The molecular weight excluding hydrogens is 742 g/mol. The van der Waals surface area contributed by atoms with E-state index in [1.807, 2.05) is 65.4 Å². The zero-order valence-corrected chi connectivity index (χ0v) is 32.0. The number of ether oxygens (including phenoxy) is 4. The van der Waals surface area contributed by atoms with Crippen molar-refractivity contribution in [3.8, 4) is 17.2 Å². The normalized spacial score (nSPS) is 20.0. The lowest BCUT2D eigenvalue weighted by Gasteiger charge is -2.43. The number of nitrogens with zero attached hydrogens (tertiary/aromatic N) is 5. The van der Waals surface area contributed by atoms with Crippen molar-refractivity contribution in [1.82, 2.24) is 24.8 Å². The van der Waals surface area contributed by atoms with Gasteiger partial charge in [0.05, 0.1) is 38.3 Å². The molecule has 53 heavy (non-hydrogen) atoms. The number of hydrogen-bond acceptors (Lipinski definition) is 9. The van der Waals surface area contributed by atoms with Gasteiger partial charge in [-0.15, -0.1) is 5.10 Å². The van der Waals surface area contributed by atoms with Crippen molar-refractivity contribution in [3.05, 3.63) is 98.8 Å². The first kappa shape index (κ1) is 36.4. The van der Waals surface area contributed by atoms with Gasteiger partial charge in [0, 0.05) is 53.9 Å². The van der Waals surface area contributed by atoms with Gasteiger partial charge in [-0.05, 0) is 67.6 Å². The van der Waals surface area contributed by atoms with Gasteiger partial charge in [0.1, 0.15) is 35.7 Å². The monoisotopic (exact) mass is 785 g/mol. The number of carbonyl (C=O) groups excluding carboxylic acids is 3. The van der Waals surface area contributed by atoms with Crippen LogP contribution >= 0.6 is 15.9 Å². The van der Waals surface area contributed by atoms with Crippen molar-refractivity contribution in [2.45, 2.75) is 64.3 Å². The molecule has 278 valence electrons. The fourth-order valence-electron chi connectivity index (χ4n) is 7.96. The molecule has 3 aliphatic rings. The average Bonchev–Trinajstić information content (AvgIpc) is 3.76. The maximum absolute atomic E-state index is 15.0. The highest BCUT2D eigenvalue weighted by Crippen LogP contribution is 2.45. The molecule has 1 aliphatic carbocycles. The molecule has 3 aromatic carbocycles. The van der Waals surface area contributed by atoms with Crippen LogP contribution in [0.2, 0.25) is 0 Å². The number of amides is 2. The van der Waals surface area contributed by atoms with Crippen molar-refractivity contribution >= 4 is 33.7 Å². The van der Waals surface area contributed by atoms with E-state index in [4.69, 9.17) is 18.9 Å². The number of halogens is 1. The molecule has 2 aliphatic heterocycles. The molecule has 0 radical (unpaired) electrons. The minimum atomic E-state index is -0.602. The van der Waals surface area contributed by atoms with E-state index in [-0.39, 0.29) is 25.0 Å². The summed E-state index contributed by atoms with van der Waals surface area (Å²) in [5.41, 5.74) is 4.88. The van der Waals surface area contributed by atoms with Crippen LogP contribution in [0.4, 0.5) is 0 Å². The van der Waals surface area contributed by atoms with Crippen molar-refractivity contribution in [2.75, 3.05) is 27.3 Å². The second-order valence-corrected chi connectivity index (χ2v) is 14.8. The van der Waals surface area contributed by atoms with Gasteiger partial charge in [-0.25, -0.2) is 0 Å². The third-order valence-corrected chi connectivity index (χ3v) is 11.5. The number of methoxy groups -OCH3 is 2. The van der Waals surface area contributed by atoms with Gasteiger partial charge in [0.15, 0.2) is 0 Å². The van der Waals surface area contributed by atoms with E-state index in [1.165, 1.54) is 0 Å². The van der Waals surface area contributed by atoms with Gasteiger partial charge in [-0.2, -0.15) is 0 Å². The Kier molecular flexibility index (Phi) is 10.7. The molecule has 12 nitrogen and oxygen atoms in total. The van der Waals surface area contributed by atoms with Gasteiger partial charge < -0.3 is 28.7 Å². The minimum absolute atomic E-state index is 0.0134. The molecule has 0 saturated heterocycles. The van der Waals surface area contributed by atoms with E-state index in [2.05, 4.69) is 26.2 Å². The standard InChI is InChI=1S/C40H44BrN5O7/c1-24(33-21-44(2)43-42-33)53-35-16-15-32(41)31-17-18-46(34(37(31)35)22-45-20-25-9-5-6-10-28(25)38(45)47)39(48)29-11-7-8-12-30(29)40(49)52-23-26-13-14-27(50-3)19-36(26)51-4/h5-6,9-10,13-16,19,21,24,29-30,34H,7-8,11-12,17-18,20,22-23H2,1-4H3/t24?,29-,30+,34-/m1/s1. The highest BCUT2D eigenvalue weighted by molar-refractivity contribution is 9.10. The zero-order chi connectivity index (χ0) is 37.2. The minimum Gasteiger partial charge on any atom is -0.497 e. The van der Waals surface area contributed by atoms with Crippen LogP contribution in [0.25, 0.3) is 0 Å². The third kappa shape index (κ3) is 7.36. The van der Waals surface area contributed by atoms with E-state index in [1.54, 1.807) is 38.1 Å². The molecule has 3 heterocycles. The first-order valence-electron chi connectivity index (χ1n) is 18.1. The smallest absolute Gasteiger partial charge is 0.310 e. The summed E-state index contributed by atoms with van der Waals surface area (Å²) in [7, 11) is 4.94. The Labute approximate surface area is 317 Å². The SMILES string of the molecule is COc1ccc(COC(=O)[C@H]2CCCC[C@H]2C(=O)N2CCc3c(Br)ccc(OC(C)c4cn(C)nn4)c3[C@H]2CN2Cc3ccccc3C2=O)c(OC)c1. The number of esters is 1. The molecule has 4 aromatic rings. The molecule has 1 unspecified atom stereocenters. The van der Waals surface area contributed by atoms with E-state index in [9.17, 15) is 14.4 Å². The number of benzene rings is 3. The Morgan fingerprint density at radius 1 is 1.00 bits per heavy atom. The van der Waals surface area contributed by atoms with Crippen LogP contribution in [-0.2, 0) is 40.9 Å². The maximum Gasteiger partial charge on any atom is 0.310 e. The largest absolute Gasteiger partial charge is 0.497 e. The highest BCUT2D eigenvalue weighted by Gasteiger charge is 2.44. The number of hydrogen-bond donors (Lipinski definition) is 0. The van der Waals surface area contributed by atoms with Crippen LogP contribution < -0.4 is 14.2 Å². The number of aromatic nitrogens is 3. The van der Waals surface area contributed by atoms with E-state index >= 15 is 0 Å². The molecule has 0 N–H and O–H groups in total. The van der Waals surface area contributed by atoms with Crippen LogP contribution in [-0.4, -0.2) is 69.9 Å². The topological polar surface area (TPSA) is 125 Å². The predicted octanol–water partition coefficient (Wildman–Crippen LogP) is 6.37. The predicted molar refractivity (Wildman–Crippen MR) is 198 cm³/mol. The molecule has 1 aromatic heterocycles. The molecule has 1 fully saturated rings. The van der Waals surface area contributed by atoms with Crippen LogP contribution in [0.3, 0.4) is 0 Å². The summed E-state index contributed by atoms with van der Waals surface area (Å²) in [6.45, 7) is 3.06. The highest BCUT2D eigenvalue weighted by atomic mass is 79.9. The van der Waals surface area contributed by atoms with E-state index in [0.717, 1.165) is 34.0 Å². The Balaban J connectivity index is 1.19. The zero-order valence-electron chi connectivity index (χ0n) is 30.4. The van der Waals surface area contributed by atoms with Crippen molar-refractivity contribution in [2.24, 2.45) is 18.9 Å². The third-order valence-electron chi connectivity index (χ3n) is 10.7. The second-order valence-electron chi connectivity index (χ2n) is 13.9. The number of rotatable bonds is 11. The van der Waals surface area contributed by atoms with Gasteiger partial charge in [-0.1, -0.05) is 52.2 Å². The lowest BCUT2D eigenvalue weighted by atomic mass is 9.77. The lowest BCUT2D eigenvalue weighted by Crippen LogP contribution is -2.50. The second kappa shape index (κ2) is 15.6. The first-order chi connectivity index (χ1) is 25.7. The molecular formula is C40H44BrN5O7. The lowest BCUT2D eigenvalue weighted by molar-refractivity contribution is -0.159. The van der Waals surface area contributed by atoms with Crippen molar-refractivity contribution < 1.29 is 33.3 Å². The van der Waals surface area contributed by atoms with Crippen molar-refractivity contribution in [3.63, 3.8) is 0 Å². The summed E-state index contributed by atoms with van der Waals surface area (Å²) in [6, 6.07) is 16.3. The summed E-state index contributed by atoms with van der Waals surface area (Å²) in [6.07, 6.45) is 4.74. The fourth-order valence-corrected chi connectivity index (χ4v) is 8.50. The van der Waals surface area contributed by atoms with E-state index < -0.39 is 30.0 Å². The summed E-state index contributed by atoms with van der Waals surface area (Å²) < 4.78 is 25.9. The van der Waals surface area contributed by atoms with Crippen LogP contribution in [0.5, 0.6) is 17.2 Å². The van der Waals surface area contributed by atoms with Crippen LogP contribution in [0, 0.1) is 11.8 Å². The van der Waals surface area contributed by atoms with Crippen molar-refractivity contribution in [1.29, 1.82) is 0 Å². The molecule has 4 atom stereocenters. The average molecular weight is 787 g/mol. The summed E-state index contributed by atoms with van der Waals surface area (Å²) >= 11 is 3.78. The summed E-state index contributed by atoms with van der Waals surface area (Å²) in [5.74, 6) is 0.0517. The van der Waals surface area contributed by atoms with Crippen LogP contribution in [0.1, 0.15) is 83.1 Å². The quantitative estimate of drug-likeness (QED) is 0.160. The molecule has 1 saturated carbocycles. The fraction of sp³-hybridized carbons (Fsp3) is 0.425.